The van der Waals surface area contributed by atoms with Gasteiger partial charge in [0, 0.05) is 25.4 Å². The van der Waals surface area contributed by atoms with Crippen LogP contribution < -0.4 is 5.32 Å². The molecule has 1 heterocycles. The molecule has 102 valence electrons. The Morgan fingerprint density at radius 3 is 2.95 bits per heavy atom. The van der Waals surface area contributed by atoms with E-state index in [-0.39, 0.29) is 11.9 Å². The molecule has 1 aromatic heterocycles. The van der Waals surface area contributed by atoms with E-state index in [0.717, 1.165) is 12.1 Å². The van der Waals surface area contributed by atoms with E-state index in [1.165, 1.54) is 23.4 Å². The zero-order valence-electron chi connectivity index (χ0n) is 11.0. The first kappa shape index (κ1) is 13.5. The van der Waals surface area contributed by atoms with Crippen LogP contribution >= 0.6 is 0 Å². The van der Waals surface area contributed by atoms with Crippen molar-refractivity contribution in [3.8, 4) is 5.69 Å². The van der Waals surface area contributed by atoms with Gasteiger partial charge in [-0.2, -0.15) is 5.10 Å². The quantitative estimate of drug-likeness (QED) is 0.869. The average Bonchev–Trinajstić information content (AvgIpc) is 2.90. The van der Waals surface area contributed by atoms with Crippen LogP contribution in [0.1, 0.15) is 13.3 Å². The average molecular weight is 264 g/mol. The molecule has 0 amide bonds. The fraction of sp³-hybridized carbons (Fsp3) is 0.385. The van der Waals surface area contributed by atoms with Gasteiger partial charge in [0.2, 0.25) is 0 Å². The molecule has 0 saturated carbocycles. The molecular weight excluding hydrogens is 247 g/mol. The van der Waals surface area contributed by atoms with E-state index < -0.39 is 0 Å². The predicted octanol–water partition coefficient (Wildman–Crippen LogP) is 2.24. The third kappa shape index (κ3) is 3.51. The van der Waals surface area contributed by atoms with Gasteiger partial charge in [0.1, 0.15) is 18.3 Å². The fourth-order valence-electron chi connectivity index (χ4n) is 1.77. The van der Waals surface area contributed by atoms with E-state index in [1.807, 2.05) is 13.0 Å². The smallest absolute Gasteiger partial charge is 0.150 e. The molecule has 2 rings (SSSR count). The summed E-state index contributed by atoms with van der Waals surface area (Å²) in [5, 5.41) is 7.13. The largest absolute Gasteiger partial charge is 0.385 e. The maximum atomic E-state index is 14.0. The lowest BCUT2D eigenvalue weighted by molar-refractivity contribution is 0.191. The zero-order valence-corrected chi connectivity index (χ0v) is 11.0. The molecule has 0 radical (unpaired) electrons. The normalized spacial score (nSPS) is 12.4. The van der Waals surface area contributed by atoms with E-state index in [4.69, 9.17) is 4.74 Å². The van der Waals surface area contributed by atoms with Crippen molar-refractivity contribution in [1.29, 1.82) is 0 Å². The lowest BCUT2D eigenvalue weighted by atomic mass is 10.2. The monoisotopic (exact) mass is 264 g/mol. The molecule has 1 atom stereocenters. The highest BCUT2D eigenvalue weighted by molar-refractivity contribution is 5.49. The third-order valence-corrected chi connectivity index (χ3v) is 2.78. The van der Waals surface area contributed by atoms with Crippen LogP contribution in [0.25, 0.3) is 5.69 Å². The van der Waals surface area contributed by atoms with Crippen molar-refractivity contribution in [3.63, 3.8) is 0 Å². The maximum Gasteiger partial charge on any atom is 0.150 e. The van der Waals surface area contributed by atoms with Crippen LogP contribution in [0, 0.1) is 5.82 Å². The van der Waals surface area contributed by atoms with Gasteiger partial charge in [-0.1, -0.05) is 0 Å². The summed E-state index contributed by atoms with van der Waals surface area (Å²) in [6.07, 6.45) is 3.70. The molecule has 0 aliphatic heterocycles. The van der Waals surface area contributed by atoms with Crippen molar-refractivity contribution in [1.82, 2.24) is 14.8 Å². The van der Waals surface area contributed by atoms with Crippen molar-refractivity contribution in [3.05, 3.63) is 36.7 Å². The minimum absolute atomic E-state index is 0.219. The van der Waals surface area contributed by atoms with E-state index in [1.54, 1.807) is 13.2 Å². The Morgan fingerprint density at radius 2 is 2.32 bits per heavy atom. The number of hydrogen-bond donors (Lipinski definition) is 1. The van der Waals surface area contributed by atoms with Crippen LogP contribution in [0.4, 0.5) is 10.1 Å². The van der Waals surface area contributed by atoms with Crippen molar-refractivity contribution in [2.24, 2.45) is 0 Å². The molecule has 19 heavy (non-hydrogen) atoms. The van der Waals surface area contributed by atoms with Crippen molar-refractivity contribution in [2.45, 2.75) is 19.4 Å². The van der Waals surface area contributed by atoms with E-state index in [0.29, 0.717) is 12.3 Å². The van der Waals surface area contributed by atoms with Crippen LogP contribution in [-0.4, -0.2) is 34.5 Å². The molecule has 0 saturated heterocycles. The van der Waals surface area contributed by atoms with Crippen molar-refractivity contribution in [2.75, 3.05) is 19.0 Å². The van der Waals surface area contributed by atoms with Crippen molar-refractivity contribution >= 4 is 5.69 Å². The minimum Gasteiger partial charge on any atom is -0.385 e. The second-order valence-electron chi connectivity index (χ2n) is 4.33. The van der Waals surface area contributed by atoms with Gasteiger partial charge in [-0.05, 0) is 31.5 Å². The Hall–Kier alpha value is -1.95. The fourth-order valence-corrected chi connectivity index (χ4v) is 1.77. The predicted molar refractivity (Wildman–Crippen MR) is 70.9 cm³/mol. The number of nitrogens with zero attached hydrogens (tertiary/aromatic N) is 3. The molecule has 0 fully saturated rings. The highest BCUT2D eigenvalue weighted by atomic mass is 19.1. The Kier molecular flexibility index (Phi) is 4.46. The summed E-state index contributed by atoms with van der Waals surface area (Å²) >= 11 is 0. The molecule has 6 heteroatoms. The van der Waals surface area contributed by atoms with Gasteiger partial charge in [0.25, 0.3) is 0 Å². The first-order chi connectivity index (χ1) is 9.20. The summed E-state index contributed by atoms with van der Waals surface area (Å²) < 4.78 is 20.4. The Labute approximate surface area is 111 Å². The highest BCUT2D eigenvalue weighted by Gasteiger charge is 2.08. The van der Waals surface area contributed by atoms with Gasteiger partial charge in [0.05, 0.1) is 0 Å². The van der Waals surface area contributed by atoms with Gasteiger partial charge < -0.3 is 10.1 Å². The molecule has 0 bridgehead atoms. The summed E-state index contributed by atoms with van der Waals surface area (Å²) in [5.41, 5.74) is 1.12. The number of nitrogens with one attached hydrogen (secondary N) is 1. The molecule has 2 aromatic rings. The molecule has 0 aliphatic rings. The molecule has 0 aliphatic carbocycles. The number of ether oxygens (including phenoxy) is 1. The van der Waals surface area contributed by atoms with E-state index in [2.05, 4.69) is 15.4 Å². The summed E-state index contributed by atoms with van der Waals surface area (Å²) in [5.74, 6) is -0.338. The summed E-state index contributed by atoms with van der Waals surface area (Å²) in [4.78, 5) is 3.80. The molecule has 1 aromatic carbocycles. The van der Waals surface area contributed by atoms with Crippen LogP contribution in [-0.2, 0) is 4.74 Å². The Morgan fingerprint density at radius 1 is 1.47 bits per heavy atom. The summed E-state index contributed by atoms with van der Waals surface area (Å²) in [6.45, 7) is 2.70. The number of halogens is 1. The molecule has 0 spiro atoms. The van der Waals surface area contributed by atoms with E-state index >= 15 is 0 Å². The van der Waals surface area contributed by atoms with Crippen LogP contribution in [0.2, 0.25) is 0 Å². The van der Waals surface area contributed by atoms with Crippen LogP contribution in [0.3, 0.4) is 0 Å². The van der Waals surface area contributed by atoms with Gasteiger partial charge in [-0.3, -0.25) is 0 Å². The Balaban J connectivity index is 2.07. The SMILES string of the molecule is COCCC(C)Nc1ccc(-n2cncn2)c(F)c1. The first-order valence-electron chi connectivity index (χ1n) is 6.10. The number of anilines is 1. The second kappa shape index (κ2) is 6.29. The number of aromatic nitrogens is 3. The van der Waals surface area contributed by atoms with E-state index in [9.17, 15) is 4.39 Å². The number of methoxy groups -OCH3 is 1. The minimum atomic E-state index is -0.338. The summed E-state index contributed by atoms with van der Waals surface area (Å²) in [7, 11) is 1.67. The van der Waals surface area contributed by atoms with Gasteiger partial charge in [-0.25, -0.2) is 14.1 Å². The lowest BCUT2D eigenvalue weighted by Gasteiger charge is -2.15. The Bertz CT molecular complexity index is 515. The molecule has 1 N–H and O–H groups in total. The van der Waals surface area contributed by atoms with Crippen LogP contribution in [0.5, 0.6) is 0 Å². The topological polar surface area (TPSA) is 52.0 Å². The third-order valence-electron chi connectivity index (χ3n) is 2.78. The zero-order chi connectivity index (χ0) is 13.7. The second-order valence-corrected chi connectivity index (χ2v) is 4.33. The molecule has 1 unspecified atom stereocenters. The molecule has 5 nitrogen and oxygen atoms in total. The van der Waals surface area contributed by atoms with Gasteiger partial charge in [0.15, 0.2) is 5.82 Å². The number of benzene rings is 1. The van der Waals surface area contributed by atoms with Gasteiger partial charge >= 0.3 is 0 Å². The van der Waals surface area contributed by atoms with Gasteiger partial charge in [-0.15, -0.1) is 0 Å². The standard InChI is InChI=1S/C13H17FN4O/c1-10(5-6-19-2)17-11-3-4-13(12(14)7-11)18-9-15-8-16-18/h3-4,7-10,17H,5-6H2,1-2H3. The number of rotatable bonds is 6. The van der Waals surface area contributed by atoms with Crippen LogP contribution in [0.15, 0.2) is 30.9 Å². The summed E-state index contributed by atoms with van der Waals surface area (Å²) in [6, 6.07) is 5.18. The number of hydrogen-bond acceptors (Lipinski definition) is 4. The highest BCUT2D eigenvalue weighted by Crippen LogP contribution is 2.18. The molecular formula is C13H17FN4O. The lowest BCUT2D eigenvalue weighted by Crippen LogP contribution is -2.17. The maximum absolute atomic E-state index is 14.0. The first-order valence-corrected chi connectivity index (χ1v) is 6.10. The van der Waals surface area contributed by atoms with Crippen molar-refractivity contribution < 1.29 is 9.13 Å².